The van der Waals surface area contributed by atoms with Crippen molar-refractivity contribution in [3.05, 3.63) is 87.1 Å². The molecular weight excluding hydrogens is 542 g/mol. The van der Waals surface area contributed by atoms with Gasteiger partial charge in [-0.05, 0) is 74.9 Å². The number of benzene rings is 2. The Labute approximate surface area is 230 Å². The van der Waals surface area contributed by atoms with E-state index in [0.29, 0.717) is 46.3 Å². The highest BCUT2D eigenvalue weighted by molar-refractivity contribution is 7.82. The molecule has 0 radical (unpaired) electrons. The summed E-state index contributed by atoms with van der Waals surface area (Å²) in [5, 5.41) is 21.6. The smallest absolute Gasteiger partial charge is 0.355 e. The van der Waals surface area contributed by atoms with E-state index in [-0.39, 0.29) is 16.4 Å². The summed E-state index contributed by atoms with van der Waals surface area (Å²) in [6.07, 6.45) is 4.85. The second kappa shape index (κ2) is 10.9. The van der Waals surface area contributed by atoms with Crippen molar-refractivity contribution in [2.75, 3.05) is 0 Å². The lowest BCUT2D eigenvalue weighted by Crippen LogP contribution is -2.07. The van der Waals surface area contributed by atoms with Crippen molar-refractivity contribution in [1.29, 1.82) is 0 Å². The van der Waals surface area contributed by atoms with Crippen molar-refractivity contribution in [3.63, 3.8) is 0 Å². The number of aromatic carboxylic acids is 1. The Kier molecular flexibility index (Phi) is 7.57. The van der Waals surface area contributed by atoms with Crippen LogP contribution in [0.1, 0.15) is 59.6 Å². The van der Waals surface area contributed by atoms with Crippen LogP contribution in [0.15, 0.2) is 52.2 Å². The maximum Gasteiger partial charge on any atom is 0.355 e. The summed E-state index contributed by atoms with van der Waals surface area (Å²) in [5.41, 5.74) is 4.82. The van der Waals surface area contributed by atoms with Crippen molar-refractivity contribution in [3.8, 4) is 16.4 Å². The number of nitrogens with zero attached hydrogens (tertiary/aromatic N) is 3. The zero-order chi connectivity index (χ0) is 27.8. The van der Waals surface area contributed by atoms with Gasteiger partial charge in [-0.25, -0.2) is 23.2 Å². The number of halogens is 2. The highest BCUT2D eigenvalue weighted by Gasteiger charge is 2.29. The standard InChI is InChI=1S/C28H26F2N4O3S2/c1-15(2)9-19-13-18(6-7-21(19)29)26-20(10-17-5-8-25(39(31)37)22(30)11-17)24(12-16-3-4-16)34(33-26)28-32-23(14-38-28)27(35)36/h5-9,11,13-14,16H,3-4,10,12H2,1-2H3,(H2,31,37)(H,35,36)/p+1. The topological polar surface area (TPSA) is 111 Å². The van der Waals surface area contributed by atoms with E-state index in [1.165, 1.54) is 34.9 Å². The van der Waals surface area contributed by atoms with Gasteiger partial charge in [0, 0.05) is 28.5 Å². The quantitative estimate of drug-likeness (QED) is 0.194. The van der Waals surface area contributed by atoms with Crippen molar-refractivity contribution >= 4 is 34.4 Å². The van der Waals surface area contributed by atoms with E-state index in [4.69, 9.17) is 10.2 Å². The fraction of sp³-hybridized carbons (Fsp3) is 0.250. The summed E-state index contributed by atoms with van der Waals surface area (Å²) in [5.74, 6) is -1.69. The number of carboxylic acid groups (broad SMARTS) is 1. The van der Waals surface area contributed by atoms with Gasteiger partial charge in [0.2, 0.25) is 10.0 Å². The average Bonchev–Trinajstić information content (AvgIpc) is 3.43. The molecule has 0 spiro atoms. The van der Waals surface area contributed by atoms with E-state index < -0.39 is 22.8 Å². The van der Waals surface area contributed by atoms with Crippen LogP contribution < -0.4 is 5.14 Å². The molecule has 4 aromatic rings. The third-order valence-corrected chi connectivity index (χ3v) is 8.16. The molecule has 0 aliphatic heterocycles. The molecule has 39 heavy (non-hydrogen) atoms. The van der Waals surface area contributed by atoms with Crippen LogP contribution in [0.2, 0.25) is 0 Å². The van der Waals surface area contributed by atoms with Crippen LogP contribution in [0.5, 0.6) is 0 Å². The van der Waals surface area contributed by atoms with Gasteiger partial charge in [0.1, 0.15) is 5.82 Å². The van der Waals surface area contributed by atoms with E-state index in [9.17, 15) is 22.9 Å². The molecule has 0 saturated heterocycles. The van der Waals surface area contributed by atoms with E-state index in [0.717, 1.165) is 29.7 Å². The number of carbonyl (C=O) groups is 1. The Morgan fingerprint density at radius 3 is 2.59 bits per heavy atom. The van der Waals surface area contributed by atoms with Crippen LogP contribution in [0.4, 0.5) is 8.78 Å². The minimum Gasteiger partial charge on any atom is -0.476 e. The molecule has 1 aliphatic rings. The molecule has 2 aromatic heterocycles. The summed E-state index contributed by atoms with van der Waals surface area (Å²) in [7, 11) is -2.32. The first kappa shape index (κ1) is 27.0. The van der Waals surface area contributed by atoms with Gasteiger partial charge in [-0.3, -0.25) is 0 Å². The van der Waals surface area contributed by atoms with Crippen molar-refractivity contribution in [2.24, 2.45) is 11.1 Å². The van der Waals surface area contributed by atoms with E-state index in [2.05, 4.69) is 4.98 Å². The van der Waals surface area contributed by atoms with Crippen LogP contribution in [0, 0.1) is 17.6 Å². The molecule has 3 N–H and O–H groups in total. The SMILES string of the molecule is CC(C)=Cc1cc(-c2nn(-c3nc(C(=O)O)cs3)c(CC3CC3)c2Cc2ccc([SH+](N)=O)c(F)c2)ccc1F. The fourth-order valence-electron chi connectivity index (χ4n) is 4.48. The van der Waals surface area contributed by atoms with Gasteiger partial charge in [-0.1, -0.05) is 21.9 Å². The van der Waals surface area contributed by atoms with Gasteiger partial charge >= 0.3 is 5.97 Å². The number of thiazole rings is 1. The van der Waals surface area contributed by atoms with Gasteiger partial charge in [0.05, 0.1) is 11.4 Å². The van der Waals surface area contributed by atoms with E-state index in [1.54, 1.807) is 29.0 Å². The molecule has 1 fully saturated rings. The minimum absolute atomic E-state index is 0.0447. The zero-order valence-electron chi connectivity index (χ0n) is 21.3. The van der Waals surface area contributed by atoms with E-state index >= 15 is 0 Å². The molecule has 0 amide bonds. The van der Waals surface area contributed by atoms with Gasteiger partial charge < -0.3 is 5.11 Å². The minimum atomic E-state index is -2.32. The number of carboxylic acids is 1. The van der Waals surface area contributed by atoms with Gasteiger partial charge in [0.15, 0.2) is 22.5 Å². The molecule has 1 aliphatic carbocycles. The Balaban J connectivity index is 1.71. The number of hydrogen-bond acceptors (Lipinski definition) is 5. The summed E-state index contributed by atoms with van der Waals surface area (Å²) in [6.45, 7) is 3.77. The van der Waals surface area contributed by atoms with Crippen LogP contribution in [0.25, 0.3) is 22.5 Å². The lowest BCUT2D eigenvalue weighted by molar-refractivity contribution is 0.0691. The molecule has 11 heteroatoms. The van der Waals surface area contributed by atoms with Crippen LogP contribution in [0.3, 0.4) is 0 Å². The first-order valence-corrected chi connectivity index (χ1v) is 14.6. The molecule has 7 nitrogen and oxygen atoms in total. The number of hydrogen-bond donors (Lipinski definition) is 2. The number of aromatic nitrogens is 3. The summed E-state index contributed by atoms with van der Waals surface area (Å²) in [6, 6.07) is 9.22. The maximum atomic E-state index is 14.7. The highest BCUT2D eigenvalue weighted by Crippen LogP contribution is 2.38. The molecule has 0 bridgehead atoms. The van der Waals surface area contributed by atoms with Gasteiger partial charge in [-0.15, -0.1) is 16.5 Å². The average molecular weight is 570 g/mol. The predicted octanol–water partition coefficient (Wildman–Crippen LogP) is 5.87. The highest BCUT2D eigenvalue weighted by atomic mass is 32.2. The Morgan fingerprint density at radius 1 is 1.21 bits per heavy atom. The lowest BCUT2D eigenvalue weighted by atomic mass is 9.96. The predicted molar refractivity (Wildman–Crippen MR) is 148 cm³/mol. The third kappa shape index (κ3) is 5.90. The number of allylic oxidation sites excluding steroid dienone is 1. The molecule has 1 saturated carbocycles. The van der Waals surface area contributed by atoms with E-state index in [1.807, 2.05) is 13.8 Å². The van der Waals surface area contributed by atoms with Crippen molar-refractivity contribution in [2.45, 2.75) is 44.4 Å². The summed E-state index contributed by atoms with van der Waals surface area (Å²) in [4.78, 5) is 15.8. The normalized spacial score (nSPS) is 13.9. The summed E-state index contributed by atoms with van der Waals surface area (Å²) < 4.78 is 42.7. The molecule has 202 valence electrons. The zero-order valence-corrected chi connectivity index (χ0v) is 23.0. The molecular formula is C28H27F2N4O3S2+. The van der Waals surface area contributed by atoms with Crippen LogP contribution >= 0.6 is 11.3 Å². The number of thiol groups is 1. The molecule has 1 unspecified atom stereocenters. The summed E-state index contributed by atoms with van der Waals surface area (Å²) >= 11 is 1.17. The largest absolute Gasteiger partial charge is 0.476 e. The first-order valence-electron chi connectivity index (χ1n) is 12.4. The second-order valence-electron chi connectivity index (χ2n) is 9.90. The van der Waals surface area contributed by atoms with Crippen molar-refractivity contribution in [1.82, 2.24) is 14.8 Å². The van der Waals surface area contributed by atoms with Crippen LogP contribution in [-0.2, 0) is 28.0 Å². The van der Waals surface area contributed by atoms with Crippen molar-refractivity contribution < 1.29 is 22.9 Å². The monoisotopic (exact) mass is 569 g/mol. The van der Waals surface area contributed by atoms with Crippen LogP contribution in [-0.4, -0.2) is 25.8 Å². The number of rotatable bonds is 9. The Morgan fingerprint density at radius 2 is 1.97 bits per heavy atom. The third-order valence-electron chi connectivity index (χ3n) is 6.51. The fourth-order valence-corrected chi connectivity index (χ4v) is 5.75. The molecule has 2 aromatic carbocycles. The Hall–Kier alpha value is -3.54. The Bertz CT molecular complexity index is 1640. The van der Waals surface area contributed by atoms with Gasteiger partial charge in [-0.2, -0.15) is 5.10 Å². The number of nitrogens with two attached hydrogens (primary N) is 1. The first-order chi connectivity index (χ1) is 18.6. The van der Waals surface area contributed by atoms with Gasteiger partial charge in [0.25, 0.3) is 0 Å². The molecule has 5 rings (SSSR count). The molecule has 1 atom stereocenters. The second-order valence-corrected chi connectivity index (χ2v) is 11.9. The molecule has 2 heterocycles. The maximum absolute atomic E-state index is 14.7. The lowest BCUT2D eigenvalue weighted by Gasteiger charge is -2.09.